The normalized spacial score (nSPS) is 11.4. The monoisotopic (exact) mass is 366 g/mol. The van der Waals surface area contributed by atoms with Gasteiger partial charge in [0.05, 0.1) is 15.6 Å². The van der Waals surface area contributed by atoms with Gasteiger partial charge in [-0.2, -0.15) is 0 Å². The first-order valence-corrected chi connectivity index (χ1v) is 7.90. The summed E-state index contributed by atoms with van der Waals surface area (Å²) in [6.45, 7) is 0. The number of anilines is 1. The van der Waals surface area contributed by atoms with Gasteiger partial charge in [0.1, 0.15) is 10.1 Å². The van der Waals surface area contributed by atoms with Crippen LogP contribution in [0, 0.1) is 0 Å². The lowest BCUT2D eigenvalue weighted by molar-refractivity contribution is 0.441. The second-order valence-corrected chi connectivity index (χ2v) is 6.58. The summed E-state index contributed by atoms with van der Waals surface area (Å²) in [5, 5.41) is 0.232. The highest BCUT2D eigenvalue weighted by atomic mass is 35.5. The van der Waals surface area contributed by atoms with E-state index < -0.39 is 15.0 Å². The summed E-state index contributed by atoms with van der Waals surface area (Å²) in [6.07, 6.45) is 0. The SMILES string of the molecule is Nc1cc(Cl)ccc1Oc1c(Cl)cc(Cl)cc1S(=O)(=O)[O-]. The lowest BCUT2D eigenvalue weighted by Crippen LogP contribution is -2.03. The molecular weight excluding hydrogens is 361 g/mol. The summed E-state index contributed by atoms with van der Waals surface area (Å²) in [7, 11) is -4.83. The number of benzene rings is 2. The van der Waals surface area contributed by atoms with Crippen molar-refractivity contribution in [1.29, 1.82) is 0 Å². The lowest BCUT2D eigenvalue weighted by Gasteiger charge is -2.16. The van der Waals surface area contributed by atoms with Crippen LogP contribution in [0.5, 0.6) is 11.5 Å². The molecule has 0 spiro atoms. The third-order valence-corrected chi connectivity index (χ3v) is 4.00. The molecule has 9 heteroatoms. The van der Waals surface area contributed by atoms with E-state index in [1.165, 1.54) is 24.3 Å². The van der Waals surface area contributed by atoms with E-state index in [4.69, 9.17) is 45.3 Å². The fraction of sp³-hybridized carbons (Fsp3) is 0. The van der Waals surface area contributed by atoms with Crippen molar-refractivity contribution in [3.05, 3.63) is 45.4 Å². The molecule has 112 valence electrons. The van der Waals surface area contributed by atoms with Crippen LogP contribution < -0.4 is 10.5 Å². The highest BCUT2D eigenvalue weighted by Crippen LogP contribution is 2.40. The molecule has 0 radical (unpaired) electrons. The van der Waals surface area contributed by atoms with Crippen LogP contribution in [-0.4, -0.2) is 13.0 Å². The Kier molecular flexibility index (Phi) is 4.55. The molecule has 21 heavy (non-hydrogen) atoms. The van der Waals surface area contributed by atoms with Crippen LogP contribution in [0.1, 0.15) is 0 Å². The largest absolute Gasteiger partial charge is 0.744 e. The summed E-state index contributed by atoms with van der Waals surface area (Å²) in [4.78, 5) is -0.672. The van der Waals surface area contributed by atoms with E-state index in [0.29, 0.717) is 5.02 Å². The molecule has 0 saturated carbocycles. The average Bonchev–Trinajstić information content (AvgIpc) is 2.33. The van der Waals surface area contributed by atoms with Gasteiger partial charge in [-0.05, 0) is 30.3 Å². The van der Waals surface area contributed by atoms with E-state index in [9.17, 15) is 13.0 Å². The molecule has 0 atom stereocenters. The van der Waals surface area contributed by atoms with E-state index in [2.05, 4.69) is 0 Å². The number of ether oxygens (including phenoxy) is 1. The Morgan fingerprint density at radius 1 is 1.05 bits per heavy atom. The van der Waals surface area contributed by atoms with Crippen molar-refractivity contribution in [2.45, 2.75) is 4.90 Å². The van der Waals surface area contributed by atoms with Crippen molar-refractivity contribution in [2.24, 2.45) is 0 Å². The second-order valence-electron chi connectivity index (χ2n) is 3.95. The number of nitrogens with two attached hydrogens (primary N) is 1. The molecule has 0 heterocycles. The minimum Gasteiger partial charge on any atom is -0.744 e. The van der Waals surface area contributed by atoms with E-state index in [1.54, 1.807) is 0 Å². The molecule has 2 aromatic carbocycles. The van der Waals surface area contributed by atoms with Gasteiger partial charge >= 0.3 is 0 Å². The number of halogens is 3. The summed E-state index contributed by atoms with van der Waals surface area (Å²) < 4.78 is 39.2. The zero-order valence-electron chi connectivity index (χ0n) is 10.1. The van der Waals surface area contributed by atoms with Gasteiger partial charge < -0.3 is 15.0 Å². The predicted octanol–water partition coefficient (Wildman–Crippen LogP) is 3.93. The number of rotatable bonds is 3. The van der Waals surface area contributed by atoms with E-state index in [0.717, 1.165) is 6.07 Å². The first-order chi connectivity index (χ1) is 9.68. The molecule has 0 aliphatic heterocycles. The van der Waals surface area contributed by atoms with Crippen molar-refractivity contribution >= 4 is 50.6 Å². The smallest absolute Gasteiger partial charge is 0.163 e. The van der Waals surface area contributed by atoms with Crippen molar-refractivity contribution in [2.75, 3.05) is 5.73 Å². The van der Waals surface area contributed by atoms with E-state index in [-0.39, 0.29) is 27.2 Å². The molecular formula is C12H7Cl3NO4S-. The zero-order valence-corrected chi connectivity index (χ0v) is 13.2. The van der Waals surface area contributed by atoms with Gasteiger partial charge in [0.25, 0.3) is 0 Å². The van der Waals surface area contributed by atoms with Crippen LogP contribution in [0.4, 0.5) is 5.69 Å². The molecule has 0 saturated heterocycles. The highest BCUT2D eigenvalue weighted by molar-refractivity contribution is 7.85. The Morgan fingerprint density at radius 3 is 2.29 bits per heavy atom. The van der Waals surface area contributed by atoms with Crippen LogP contribution in [0.15, 0.2) is 35.2 Å². The quantitative estimate of drug-likeness (QED) is 0.655. The molecule has 0 bridgehead atoms. The Hall–Kier alpha value is -1.18. The number of hydrogen-bond acceptors (Lipinski definition) is 5. The van der Waals surface area contributed by atoms with Gasteiger partial charge in [-0.15, -0.1) is 0 Å². The van der Waals surface area contributed by atoms with Gasteiger partial charge in [0.15, 0.2) is 11.5 Å². The molecule has 0 aliphatic rings. The highest BCUT2D eigenvalue weighted by Gasteiger charge is 2.17. The maximum Gasteiger partial charge on any atom is 0.163 e. The van der Waals surface area contributed by atoms with Crippen LogP contribution in [0.3, 0.4) is 0 Å². The molecule has 2 N–H and O–H groups in total. The van der Waals surface area contributed by atoms with Crippen molar-refractivity contribution in [3.63, 3.8) is 0 Å². The standard InChI is InChI=1S/C12H8Cl3NO4S/c13-6-1-2-10(9(16)4-6)20-12-8(15)3-7(14)5-11(12)21(17,18)19/h1-5H,16H2,(H,17,18,19)/p-1. The Labute approximate surface area is 135 Å². The fourth-order valence-electron chi connectivity index (χ4n) is 1.54. The minimum absolute atomic E-state index is 0.00847. The number of nitrogen functional groups attached to an aromatic ring is 1. The van der Waals surface area contributed by atoms with Crippen molar-refractivity contribution in [1.82, 2.24) is 0 Å². The molecule has 2 rings (SSSR count). The van der Waals surface area contributed by atoms with Gasteiger partial charge in [-0.3, -0.25) is 0 Å². The first-order valence-electron chi connectivity index (χ1n) is 5.36. The maximum absolute atomic E-state index is 11.3. The summed E-state index contributed by atoms with van der Waals surface area (Å²) in [5.41, 5.74) is 5.86. The average molecular weight is 368 g/mol. The zero-order chi connectivity index (χ0) is 15.8. The summed E-state index contributed by atoms with van der Waals surface area (Å²) >= 11 is 17.3. The van der Waals surface area contributed by atoms with E-state index >= 15 is 0 Å². The third-order valence-electron chi connectivity index (χ3n) is 2.43. The summed E-state index contributed by atoms with van der Waals surface area (Å²) in [6, 6.07) is 6.52. The Balaban J connectivity index is 2.59. The maximum atomic E-state index is 11.3. The molecule has 0 unspecified atom stereocenters. The topological polar surface area (TPSA) is 92.5 Å². The van der Waals surface area contributed by atoms with Crippen LogP contribution in [-0.2, 0) is 10.1 Å². The van der Waals surface area contributed by atoms with Gasteiger partial charge in [-0.25, -0.2) is 8.42 Å². The lowest BCUT2D eigenvalue weighted by atomic mass is 10.3. The third kappa shape index (κ3) is 3.72. The van der Waals surface area contributed by atoms with Crippen LogP contribution in [0.25, 0.3) is 0 Å². The molecule has 2 aromatic rings. The molecule has 0 aromatic heterocycles. The van der Waals surface area contributed by atoms with Gasteiger partial charge in [-0.1, -0.05) is 34.8 Å². The number of hydrogen-bond donors (Lipinski definition) is 1. The fourth-order valence-corrected chi connectivity index (χ4v) is 3.03. The second kappa shape index (κ2) is 5.90. The predicted molar refractivity (Wildman–Crippen MR) is 80.4 cm³/mol. The molecule has 0 aliphatic carbocycles. The van der Waals surface area contributed by atoms with Gasteiger partial charge in [0.2, 0.25) is 0 Å². The minimum atomic E-state index is -4.83. The van der Waals surface area contributed by atoms with Crippen molar-refractivity contribution < 1.29 is 17.7 Å². The Morgan fingerprint density at radius 2 is 1.71 bits per heavy atom. The van der Waals surface area contributed by atoms with Crippen molar-refractivity contribution in [3.8, 4) is 11.5 Å². The first kappa shape index (κ1) is 16.2. The summed E-state index contributed by atoms with van der Waals surface area (Å²) in [5.74, 6) is -0.237. The van der Waals surface area contributed by atoms with E-state index in [1.807, 2.05) is 0 Å². The Bertz CT molecular complexity index is 808. The molecule has 0 amide bonds. The van der Waals surface area contributed by atoms with Gasteiger partial charge in [0, 0.05) is 10.0 Å². The van der Waals surface area contributed by atoms with Crippen LogP contribution in [0.2, 0.25) is 15.1 Å². The molecule has 0 fully saturated rings. The van der Waals surface area contributed by atoms with Crippen LogP contribution >= 0.6 is 34.8 Å². The molecule has 5 nitrogen and oxygen atoms in total.